The lowest BCUT2D eigenvalue weighted by Crippen LogP contribution is -2.67. The molecule has 3 N–H and O–H groups in total. The summed E-state index contributed by atoms with van der Waals surface area (Å²) in [5, 5.41) is 13.2. The molecule has 0 aromatic carbocycles. The number of imide groups is 1. The van der Waals surface area contributed by atoms with Crippen molar-refractivity contribution in [3.05, 3.63) is 0 Å². The highest BCUT2D eigenvalue weighted by molar-refractivity contribution is 6.06. The summed E-state index contributed by atoms with van der Waals surface area (Å²) in [6.45, 7) is 2.56. The largest absolute Gasteiger partial charge is 0.480 e. The second-order valence-corrected chi connectivity index (χ2v) is 4.77. The molecule has 0 aromatic rings. The number of hydrogen-bond acceptors (Lipinski definition) is 4. The number of nitrogens with one attached hydrogen (secondary N) is 2. The number of aliphatic carboxylic acids is 1. The van der Waals surface area contributed by atoms with Gasteiger partial charge >= 0.3 is 12.0 Å². The fraction of sp³-hybridized carbons (Fsp3) is 0.500. The van der Waals surface area contributed by atoms with E-state index in [1.807, 2.05) is 0 Å². The van der Waals surface area contributed by atoms with E-state index in [4.69, 9.17) is 11.5 Å². The maximum atomic E-state index is 12.0. The number of nitrogens with zero attached hydrogens (tertiary/aromatic N) is 1. The lowest BCUT2D eigenvalue weighted by atomic mass is 9.99. The number of amides is 4. The van der Waals surface area contributed by atoms with Gasteiger partial charge in [0.2, 0.25) is 5.91 Å². The molecule has 1 fully saturated rings. The molecule has 0 spiro atoms. The number of rotatable bonds is 3. The van der Waals surface area contributed by atoms with Crippen LogP contribution in [0.4, 0.5) is 4.79 Å². The van der Waals surface area contributed by atoms with Crippen LogP contribution >= 0.6 is 0 Å². The zero-order valence-corrected chi connectivity index (χ0v) is 11.1. The SMILES string of the molecule is C#CCC(NC(=O)N1CC(=O)NC(=O)C1(C)C)C(=O)O. The Labute approximate surface area is 115 Å². The Kier molecular flexibility index (Phi) is 4.34. The number of hydrogen-bond donors (Lipinski definition) is 3. The summed E-state index contributed by atoms with van der Waals surface area (Å²) in [5.74, 6) is -0.417. The van der Waals surface area contributed by atoms with Crippen LogP contribution in [0.25, 0.3) is 0 Å². The summed E-state index contributed by atoms with van der Waals surface area (Å²) in [5.41, 5.74) is -1.27. The molecule has 0 radical (unpaired) electrons. The van der Waals surface area contributed by atoms with Crippen LogP contribution in [0.3, 0.4) is 0 Å². The molecule has 4 amide bonds. The van der Waals surface area contributed by atoms with Crippen molar-refractivity contribution in [1.82, 2.24) is 15.5 Å². The van der Waals surface area contributed by atoms with Gasteiger partial charge in [-0.05, 0) is 13.8 Å². The van der Waals surface area contributed by atoms with Gasteiger partial charge < -0.3 is 15.3 Å². The Morgan fingerprint density at radius 1 is 1.55 bits per heavy atom. The number of urea groups is 1. The zero-order valence-electron chi connectivity index (χ0n) is 11.1. The van der Waals surface area contributed by atoms with Crippen LogP contribution in [0.5, 0.6) is 0 Å². The quantitative estimate of drug-likeness (QED) is 0.449. The molecule has 8 nitrogen and oxygen atoms in total. The molecular formula is C12H15N3O5. The molecule has 0 bridgehead atoms. The topological polar surface area (TPSA) is 116 Å². The van der Waals surface area contributed by atoms with Gasteiger partial charge in [-0.2, -0.15) is 0 Å². The number of terminal acetylenes is 1. The van der Waals surface area contributed by atoms with Gasteiger partial charge in [-0.3, -0.25) is 14.9 Å². The molecule has 1 aliphatic rings. The number of carbonyl (C=O) groups excluding carboxylic acids is 3. The van der Waals surface area contributed by atoms with Gasteiger partial charge in [0.15, 0.2) is 0 Å². The van der Waals surface area contributed by atoms with E-state index in [9.17, 15) is 19.2 Å². The molecule has 1 unspecified atom stereocenters. The van der Waals surface area contributed by atoms with Gasteiger partial charge in [-0.15, -0.1) is 12.3 Å². The molecule has 0 aromatic heterocycles. The second kappa shape index (κ2) is 5.61. The average Bonchev–Trinajstić information content (AvgIpc) is 2.33. The average molecular weight is 281 g/mol. The first-order valence-electron chi connectivity index (χ1n) is 5.78. The Morgan fingerprint density at radius 2 is 2.15 bits per heavy atom. The summed E-state index contributed by atoms with van der Waals surface area (Å²) in [6.07, 6.45) is 4.82. The Bertz CT molecular complexity index is 506. The van der Waals surface area contributed by atoms with E-state index < -0.39 is 35.4 Å². The molecule has 1 aliphatic heterocycles. The van der Waals surface area contributed by atoms with E-state index >= 15 is 0 Å². The molecule has 20 heavy (non-hydrogen) atoms. The normalized spacial score (nSPS) is 18.8. The van der Waals surface area contributed by atoms with Gasteiger partial charge in [0.05, 0.1) is 0 Å². The molecule has 1 atom stereocenters. The van der Waals surface area contributed by atoms with Gasteiger partial charge in [0.25, 0.3) is 5.91 Å². The molecule has 1 saturated heterocycles. The van der Waals surface area contributed by atoms with Crippen molar-refractivity contribution in [1.29, 1.82) is 0 Å². The summed E-state index contributed by atoms with van der Waals surface area (Å²) in [4.78, 5) is 46.9. The zero-order chi connectivity index (χ0) is 15.5. The van der Waals surface area contributed by atoms with Crippen molar-refractivity contribution in [3.8, 4) is 12.3 Å². The molecule has 1 heterocycles. The summed E-state index contributed by atoms with van der Waals surface area (Å²) < 4.78 is 0. The van der Waals surface area contributed by atoms with Crippen molar-refractivity contribution in [2.24, 2.45) is 0 Å². The third kappa shape index (κ3) is 3.06. The minimum atomic E-state index is -1.29. The van der Waals surface area contributed by atoms with E-state index in [0.29, 0.717) is 0 Å². The van der Waals surface area contributed by atoms with E-state index in [-0.39, 0.29) is 13.0 Å². The summed E-state index contributed by atoms with van der Waals surface area (Å²) in [7, 11) is 0. The van der Waals surface area contributed by atoms with Crippen LogP contribution in [0.2, 0.25) is 0 Å². The first-order chi connectivity index (χ1) is 9.20. The van der Waals surface area contributed by atoms with Crippen LogP contribution in [0, 0.1) is 12.3 Å². The monoisotopic (exact) mass is 281 g/mol. The number of carboxylic acid groups (broad SMARTS) is 1. The molecule has 1 rings (SSSR count). The highest BCUT2D eigenvalue weighted by Gasteiger charge is 2.44. The predicted octanol–water partition coefficient (Wildman–Crippen LogP) is -1.09. The summed E-state index contributed by atoms with van der Waals surface area (Å²) in [6, 6.07) is -2.11. The van der Waals surface area contributed by atoms with Gasteiger partial charge in [-0.1, -0.05) is 0 Å². The van der Waals surface area contributed by atoms with Crippen molar-refractivity contribution < 1.29 is 24.3 Å². The van der Waals surface area contributed by atoms with Crippen molar-refractivity contribution >= 4 is 23.8 Å². The number of piperazine rings is 1. The minimum absolute atomic E-state index is 0.199. The highest BCUT2D eigenvalue weighted by atomic mass is 16.4. The van der Waals surface area contributed by atoms with Crippen molar-refractivity contribution in [3.63, 3.8) is 0 Å². The third-order valence-electron chi connectivity index (χ3n) is 2.95. The lowest BCUT2D eigenvalue weighted by Gasteiger charge is -2.40. The highest BCUT2D eigenvalue weighted by Crippen LogP contribution is 2.18. The van der Waals surface area contributed by atoms with Gasteiger partial charge in [-0.25, -0.2) is 9.59 Å². The summed E-state index contributed by atoms with van der Waals surface area (Å²) >= 11 is 0. The van der Waals surface area contributed by atoms with E-state index in [0.717, 1.165) is 4.90 Å². The molecular weight excluding hydrogens is 266 g/mol. The number of carbonyl (C=O) groups is 4. The molecule has 108 valence electrons. The van der Waals surface area contributed by atoms with Crippen molar-refractivity contribution in [2.75, 3.05) is 6.54 Å². The second-order valence-electron chi connectivity index (χ2n) is 4.77. The fourth-order valence-corrected chi connectivity index (χ4v) is 1.65. The van der Waals surface area contributed by atoms with Crippen LogP contribution in [0.1, 0.15) is 20.3 Å². The Balaban J connectivity index is 2.89. The first kappa shape index (κ1) is 15.5. The van der Waals surface area contributed by atoms with Crippen molar-refractivity contribution in [2.45, 2.75) is 31.8 Å². The molecule has 0 saturated carbocycles. The fourth-order valence-electron chi connectivity index (χ4n) is 1.65. The standard InChI is InChI=1S/C12H15N3O5/c1-4-5-7(9(17)18)13-11(20)15-6-8(16)14-10(19)12(15,2)3/h1,7H,5-6H2,2-3H3,(H,13,20)(H,17,18)(H,14,16,19). The van der Waals surface area contributed by atoms with E-state index in [1.165, 1.54) is 13.8 Å². The van der Waals surface area contributed by atoms with Crippen LogP contribution in [0.15, 0.2) is 0 Å². The smallest absolute Gasteiger partial charge is 0.327 e. The van der Waals surface area contributed by atoms with E-state index in [2.05, 4.69) is 16.6 Å². The maximum Gasteiger partial charge on any atom is 0.327 e. The Hall–Kier alpha value is -2.56. The van der Waals surface area contributed by atoms with Crippen LogP contribution in [-0.4, -0.2) is 51.9 Å². The number of carboxylic acids is 1. The predicted molar refractivity (Wildman–Crippen MR) is 67.3 cm³/mol. The van der Waals surface area contributed by atoms with Gasteiger partial charge in [0, 0.05) is 6.42 Å². The van der Waals surface area contributed by atoms with E-state index in [1.54, 1.807) is 0 Å². The van der Waals surface area contributed by atoms with Crippen LogP contribution < -0.4 is 10.6 Å². The van der Waals surface area contributed by atoms with Gasteiger partial charge in [0.1, 0.15) is 18.1 Å². The third-order valence-corrected chi connectivity index (χ3v) is 2.95. The minimum Gasteiger partial charge on any atom is -0.480 e. The molecule has 0 aliphatic carbocycles. The Morgan fingerprint density at radius 3 is 2.65 bits per heavy atom. The first-order valence-corrected chi connectivity index (χ1v) is 5.78. The molecule has 8 heteroatoms. The lowest BCUT2D eigenvalue weighted by molar-refractivity contribution is -0.142. The maximum absolute atomic E-state index is 12.0. The van der Waals surface area contributed by atoms with Crippen LogP contribution in [-0.2, 0) is 14.4 Å².